The predicted octanol–water partition coefficient (Wildman–Crippen LogP) is 3.81. The Morgan fingerprint density at radius 2 is 1.94 bits per heavy atom. The second-order valence-electron chi connectivity index (χ2n) is 5.73. The monoisotopic (exact) mass is 305 g/mol. The number of rotatable bonds is 2. The van der Waals surface area contributed by atoms with Gasteiger partial charge < -0.3 is 9.64 Å². The summed E-state index contributed by atoms with van der Waals surface area (Å²) in [5, 5.41) is 0. The molecular formula is C13H24BrNO2. The molecule has 1 amide bonds. The van der Waals surface area contributed by atoms with Crippen molar-refractivity contribution in [2.75, 3.05) is 13.1 Å². The standard InChI is InChI=1S/C13H24BrNO2/c1-5-11(14)10-6-8-15(9-7-10)12(16)17-13(2,3)4/h10-11H,5-9H2,1-4H3. The highest BCUT2D eigenvalue weighted by Crippen LogP contribution is 2.27. The van der Waals surface area contributed by atoms with E-state index < -0.39 is 5.60 Å². The Morgan fingerprint density at radius 1 is 1.41 bits per heavy atom. The molecular weight excluding hydrogens is 282 g/mol. The average Bonchev–Trinajstić information content (AvgIpc) is 2.26. The van der Waals surface area contributed by atoms with E-state index in [0.717, 1.165) is 32.4 Å². The molecule has 1 rings (SSSR count). The third kappa shape index (κ3) is 4.86. The molecule has 1 unspecified atom stereocenters. The van der Waals surface area contributed by atoms with E-state index in [0.29, 0.717) is 10.7 Å². The number of carbonyl (C=O) groups is 1. The van der Waals surface area contributed by atoms with Crippen LogP contribution in [0.2, 0.25) is 0 Å². The highest BCUT2D eigenvalue weighted by atomic mass is 79.9. The molecule has 17 heavy (non-hydrogen) atoms. The van der Waals surface area contributed by atoms with Crippen LogP contribution in [0.25, 0.3) is 0 Å². The first-order valence-corrected chi connectivity index (χ1v) is 7.37. The number of hydrogen-bond acceptors (Lipinski definition) is 2. The SMILES string of the molecule is CCC(Br)C1CCN(C(=O)OC(C)(C)C)CC1. The lowest BCUT2D eigenvalue weighted by Crippen LogP contribution is -2.42. The van der Waals surface area contributed by atoms with Crippen LogP contribution in [0, 0.1) is 5.92 Å². The first kappa shape index (κ1) is 14.8. The Morgan fingerprint density at radius 3 is 2.35 bits per heavy atom. The first-order chi connectivity index (χ1) is 7.83. The van der Waals surface area contributed by atoms with E-state index in [1.165, 1.54) is 0 Å². The van der Waals surface area contributed by atoms with Crippen LogP contribution in [0.3, 0.4) is 0 Å². The normalized spacial score (nSPS) is 20.2. The van der Waals surface area contributed by atoms with Gasteiger partial charge in [0.25, 0.3) is 0 Å². The van der Waals surface area contributed by atoms with Crippen LogP contribution in [0.4, 0.5) is 4.79 Å². The first-order valence-electron chi connectivity index (χ1n) is 6.45. The van der Waals surface area contributed by atoms with Gasteiger partial charge in [-0.05, 0) is 46.0 Å². The molecule has 0 aromatic carbocycles. The molecule has 1 saturated heterocycles. The van der Waals surface area contributed by atoms with Crippen LogP contribution in [-0.4, -0.2) is 34.5 Å². The van der Waals surface area contributed by atoms with Crippen molar-refractivity contribution >= 4 is 22.0 Å². The third-order valence-corrected chi connectivity index (χ3v) is 4.49. The van der Waals surface area contributed by atoms with E-state index in [1.54, 1.807) is 0 Å². The number of likely N-dealkylation sites (tertiary alicyclic amines) is 1. The third-order valence-electron chi connectivity index (χ3n) is 3.09. The fourth-order valence-electron chi connectivity index (χ4n) is 2.10. The van der Waals surface area contributed by atoms with Gasteiger partial charge in [0.05, 0.1) is 0 Å². The second kappa shape index (κ2) is 6.07. The maximum absolute atomic E-state index is 11.9. The zero-order valence-corrected chi connectivity index (χ0v) is 12.9. The largest absolute Gasteiger partial charge is 0.444 e. The maximum atomic E-state index is 11.9. The number of ether oxygens (including phenoxy) is 1. The van der Waals surface area contributed by atoms with E-state index >= 15 is 0 Å². The molecule has 0 N–H and O–H groups in total. The van der Waals surface area contributed by atoms with Crippen LogP contribution < -0.4 is 0 Å². The lowest BCUT2D eigenvalue weighted by atomic mass is 9.92. The van der Waals surface area contributed by atoms with Crippen molar-refractivity contribution in [2.24, 2.45) is 5.92 Å². The minimum absolute atomic E-state index is 0.168. The number of nitrogens with zero attached hydrogens (tertiary/aromatic N) is 1. The highest BCUT2D eigenvalue weighted by molar-refractivity contribution is 9.09. The number of hydrogen-bond donors (Lipinski definition) is 0. The van der Waals surface area contributed by atoms with Crippen LogP contribution in [0.15, 0.2) is 0 Å². The summed E-state index contributed by atoms with van der Waals surface area (Å²) in [6, 6.07) is 0. The molecule has 0 bridgehead atoms. The Hall–Kier alpha value is -0.250. The number of piperidine rings is 1. The Labute approximate surface area is 113 Å². The number of halogens is 1. The highest BCUT2D eigenvalue weighted by Gasteiger charge is 2.28. The molecule has 1 fully saturated rings. The molecule has 1 atom stereocenters. The predicted molar refractivity (Wildman–Crippen MR) is 73.5 cm³/mol. The maximum Gasteiger partial charge on any atom is 0.410 e. The summed E-state index contributed by atoms with van der Waals surface area (Å²) in [5.74, 6) is 0.693. The van der Waals surface area contributed by atoms with E-state index in [9.17, 15) is 4.79 Å². The molecule has 1 heterocycles. The zero-order valence-electron chi connectivity index (χ0n) is 11.3. The summed E-state index contributed by atoms with van der Waals surface area (Å²) in [4.78, 5) is 14.3. The van der Waals surface area contributed by atoms with Crippen molar-refractivity contribution in [3.8, 4) is 0 Å². The van der Waals surface area contributed by atoms with Crippen molar-refractivity contribution in [2.45, 2.75) is 57.4 Å². The van der Waals surface area contributed by atoms with E-state index in [2.05, 4.69) is 22.9 Å². The van der Waals surface area contributed by atoms with Gasteiger partial charge in [-0.1, -0.05) is 22.9 Å². The smallest absolute Gasteiger partial charge is 0.410 e. The lowest BCUT2D eigenvalue weighted by Gasteiger charge is -2.35. The van der Waals surface area contributed by atoms with Gasteiger partial charge in [-0.25, -0.2) is 4.79 Å². The number of carbonyl (C=O) groups excluding carboxylic acids is 1. The molecule has 3 nitrogen and oxygen atoms in total. The summed E-state index contributed by atoms with van der Waals surface area (Å²) in [6.45, 7) is 9.55. The Bertz CT molecular complexity index is 255. The molecule has 100 valence electrons. The minimum Gasteiger partial charge on any atom is -0.444 e. The van der Waals surface area contributed by atoms with Crippen LogP contribution >= 0.6 is 15.9 Å². The molecule has 1 aliphatic rings. The van der Waals surface area contributed by atoms with Crippen molar-refractivity contribution in [1.82, 2.24) is 4.90 Å². The summed E-state index contributed by atoms with van der Waals surface area (Å²) in [6.07, 6.45) is 3.13. The van der Waals surface area contributed by atoms with Crippen molar-refractivity contribution in [3.63, 3.8) is 0 Å². The summed E-state index contributed by atoms with van der Waals surface area (Å²) in [5.41, 5.74) is -0.394. The molecule has 0 aromatic rings. The van der Waals surface area contributed by atoms with Crippen LogP contribution in [0.1, 0.15) is 47.0 Å². The van der Waals surface area contributed by atoms with Crippen molar-refractivity contribution in [1.29, 1.82) is 0 Å². The van der Waals surface area contributed by atoms with Gasteiger partial charge in [-0.2, -0.15) is 0 Å². The fraction of sp³-hybridized carbons (Fsp3) is 0.923. The van der Waals surface area contributed by atoms with Gasteiger partial charge >= 0.3 is 6.09 Å². The molecule has 0 aliphatic carbocycles. The molecule has 0 saturated carbocycles. The average molecular weight is 306 g/mol. The summed E-state index contributed by atoms with van der Waals surface area (Å²) >= 11 is 3.71. The van der Waals surface area contributed by atoms with Gasteiger partial charge in [-0.15, -0.1) is 0 Å². The van der Waals surface area contributed by atoms with Gasteiger partial charge in [0.1, 0.15) is 5.60 Å². The van der Waals surface area contributed by atoms with Gasteiger partial charge in [0, 0.05) is 17.9 Å². The van der Waals surface area contributed by atoms with Gasteiger partial charge in [-0.3, -0.25) is 0 Å². The number of amides is 1. The zero-order chi connectivity index (χ0) is 13.1. The van der Waals surface area contributed by atoms with E-state index in [4.69, 9.17) is 4.74 Å². The second-order valence-corrected chi connectivity index (χ2v) is 6.91. The van der Waals surface area contributed by atoms with Crippen LogP contribution in [-0.2, 0) is 4.74 Å². The van der Waals surface area contributed by atoms with Crippen molar-refractivity contribution in [3.05, 3.63) is 0 Å². The lowest BCUT2D eigenvalue weighted by molar-refractivity contribution is 0.0183. The molecule has 0 aromatic heterocycles. The van der Waals surface area contributed by atoms with Crippen LogP contribution in [0.5, 0.6) is 0 Å². The van der Waals surface area contributed by atoms with E-state index in [1.807, 2.05) is 25.7 Å². The minimum atomic E-state index is -0.394. The molecule has 4 heteroatoms. The summed E-state index contributed by atoms with van der Waals surface area (Å²) < 4.78 is 5.37. The summed E-state index contributed by atoms with van der Waals surface area (Å²) in [7, 11) is 0. The van der Waals surface area contributed by atoms with E-state index in [-0.39, 0.29) is 6.09 Å². The molecule has 0 radical (unpaired) electrons. The molecule has 0 spiro atoms. The fourth-order valence-corrected chi connectivity index (χ4v) is 2.63. The number of alkyl halides is 1. The van der Waals surface area contributed by atoms with Gasteiger partial charge in [0.15, 0.2) is 0 Å². The molecule has 1 aliphatic heterocycles. The van der Waals surface area contributed by atoms with Crippen molar-refractivity contribution < 1.29 is 9.53 Å². The quantitative estimate of drug-likeness (QED) is 0.726. The Balaban J connectivity index is 2.39. The Kier molecular flexibility index (Phi) is 5.29. The van der Waals surface area contributed by atoms with Gasteiger partial charge in [0.2, 0.25) is 0 Å². The topological polar surface area (TPSA) is 29.5 Å².